The molecule has 1 saturated heterocycles. The third-order valence-electron chi connectivity index (χ3n) is 3.94. The smallest absolute Gasteiger partial charge is 0.172 e. The number of rotatable bonds is 3. The molecule has 20 heavy (non-hydrogen) atoms. The molecular formula is C15H21N5. The van der Waals surface area contributed by atoms with E-state index in [0.29, 0.717) is 5.92 Å². The first-order valence-corrected chi connectivity index (χ1v) is 7.21. The van der Waals surface area contributed by atoms with Crippen LogP contribution in [0.5, 0.6) is 0 Å². The van der Waals surface area contributed by atoms with Gasteiger partial charge in [-0.1, -0.05) is 12.1 Å². The number of anilines is 2. The number of hydrogen-bond donors (Lipinski definition) is 2. The third-order valence-corrected chi connectivity index (χ3v) is 3.94. The molecule has 1 aromatic heterocycles. The van der Waals surface area contributed by atoms with Gasteiger partial charge in [-0.2, -0.15) is 0 Å². The summed E-state index contributed by atoms with van der Waals surface area (Å²) in [4.78, 5) is 11.8. The van der Waals surface area contributed by atoms with E-state index in [1.165, 1.54) is 12.8 Å². The molecule has 0 unspecified atom stereocenters. The second-order valence-electron chi connectivity index (χ2n) is 5.32. The van der Waals surface area contributed by atoms with E-state index in [0.717, 1.165) is 42.3 Å². The van der Waals surface area contributed by atoms with E-state index in [1.54, 1.807) is 0 Å². The Morgan fingerprint density at radius 2 is 2.05 bits per heavy atom. The van der Waals surface area contributed by atoms with Crippen LogP contribution in [0.1, 0.15) is 12.8 Å². The number of nitrogens with one attached hydrogen (secondary N) is 1. The SMILES string of the molecule is CNc1nc2ccccc2nc1N1CCC[C@H](CN)C1. The topological polar surface area (TPSA) is 67.1 Å². The highest BCUT2D eigenvalue weighted by atomic mass is 15.2. The van der Waals surface area contributed by atoms with Gasteiger partial charge in [0, 0.05) is 20.1 Å². The minimum Gasteiger partial charge on any atom is -0.370 e. The Labute approximate surface area is 119 Å². The lowest BCUT2D eigenvalue weighted by Crippen LogP contribution is -2.39. The maximum atomic E-state index is 5.83. The molecule has 5 heteroatoms. The van der Waals surface area contributed by atoms with Crippen LogP contribution < -0.4 is 16.0 Å². The van der Waals surface area contributed by atoms with Gasteiger partial charge in [0.2, 0.25) is 0 Å². The number of benzene rings is 1. The van der Waals surface area contributed by atoms with Gasteiger partial charge in [0.15, 0.2) is 11.6 Å². The Hall–Kier alpha value is -1.88. The summed E-state index contributed by atoms with van der Waals surface area (Å²) in [5, 5.41) is 3.17. The molecule has 0 saturated carbocycles. The molecule has 5 nitrogen and oxygen atoms in total. The van der Waals surface area contributed by atoms with E-state index >= 15 is 0 Å². The minimum atomic E-state index is 0.557. The van der Waals surface area contributed by atoms with E-state index < -0.39 is 0 Å². The number of hydrogen-bond acceptors (Lipinski definition) is 5. The van der Waals surface area contributed by atoms with Crippen LogP contribution in [0.15, 0.2) is 24.3 Å². The highest BCUT2D eigenvalue weighted by Gasteiger charge is 2.22. The molecule has 2 heterocycles. The Bertz CT molecular complexity index is 598. The molecule has 1 aliphatic heterocycles. The zero-order valence-electron chi connectivity index (χ0n) is 11.8. The molecule has 0 aliphatic carbocycles. The Kier molecular flexibility index (Phi) is 3.69. The van der Waals surface area contributed by atoms with Gasteiger partial charge in [0.25, 0.3) is 0 Å². The highest BCUT2D eigenvalue weighted by molar-refractivity contribution is 5.80. The van der Waals surface area contributed by atoms with Crippen LogP contribution >= 0.6 is 0 Å². The lowest BCUT2D eigenvalue weighted by atomic mass is 9.98. The highest BCUT2D eigenvalue weighted by Crippen LogP contribution is 2.28. The zero-order valence-corrected chi connectivity index (χ0v) is 11.8. The standard InChI is InChI=1S/C15H21N5/c1-17-14-15(20-8-4-5-11(9-16)10-20)19-13-7-3-2-6-12(13)18-14/h2-3,6-7,11H,4-5,8-10,16H2,1H3,(H,17,18)/t11-/m1/s1. The number of aromatic nitrogens is 2. The predicted molar refractivity (Wildman–Crippen MR) is 83.1 cm³/mol. The van der Waals surface area contributed by atoms with E-state index in [9.17, 15) is 0 Å². The van der Waals surface area contributed by atoms with Crippen molar-refractivity contribution in [3.05, 3.63) is 24.3 Å². The summed E-state index contributed by atoms with van der Waals surface area (Å²) in [6, 6.07) is 7.99. The van der Waals surface area contributed by atoms with Gasteiger partial charge in [-0.15, -0.1) is 0 Å². The van der Waals surface area contributed by atoms with Gasteiger partial charge in [-0.05, 0) is 37.4 Å². The summed E-state index contributed by atoms with van der Waals surface area (Å²) in [5.74, 6) is 2.35. The van der Waals surface area contributed by atoms with Gasteiger partial charge in [-0.3, -0.25) is 0 Å². The summed E-state index contributed by atoms with van der Waals surface area (Å²) in [6.45, 7) is 2.74. The molecular weight excluding hydrogens is 250 g/mol. The molecule has 3 N–H and O–H groups in total. The molecule has 0 bridgehead atoms. The molecule has 3 rings (SSSR count). The summed E-state index contributed by atoms with van der Waals surface area (Å²) in [6.07, 6.45) is 2.38. The van der Waals surface area contributed by atoms with Crippen molar-refractivity contribution in [2.24, 2.45) is 11.7 Å². The molecule has 0 spiro atoms. The summed E-state index contributed by atoms with van der Waals surface area (Å²) in [5.41, 5.74) is 7.69. The van der Waals surface area contributed by atoms with Crippen LogP contribution in [-0.4, -0.2) is 36.6 Å². The average Bonchev–Trinajstić information content (AvgIpc) is 2.53. The van der Waals surface area contributed by atoms with Crippen molar-refractivity contribution in [2.45, 2.75) is 12.8 Å². The summed E-state index contributed by atoms with van der Waals surface area (Å²) < 4.78 is 0. The van der Waals surface area contributed by atoms with E-state index in [2.05, 4.69) is 15.2 Å². The van der Waals surface area contributed by atoms with Crippen molar-refractivity contribution in [3.63, 3.8) is 0 Å². The van der Waals surface area contributed by atoms with Crippen molar-refractivity contribution in [2.75, 3.05) is 36.9 Å². The molecule has 0 radical (unpaired) electrons. The number of para-hydroxylation sites is 2. The van der Waals surface area contributed by atoms with Gasteiger partial charge in [0.1, 0.15) is 0 Å². The Morgan fingerprint density at radius 3 is 2.75 bits per heavy atom. The van der Waals surface area contributed by atoms with Crippen molar-refractivity contribution >= 4 is 22.7 Å². The number of nitrogens with two attached hydrogens (primary N) is 1. The largest absolute Gasteiger partial charge is 0.370 e. The van der Waals surface area contributed by atoms with Crippen LogP contribution in [0.4, 0.5) is 11.6 Å². The van der Waals surface area contributed by atoms with Gasteiger partial charge < -0.3 is 16.0 Å². The lowest BCUT2D eigenvalue weighted by molar-refractivity contribution is 0.422. The van der Waals surface area contributed by atoms with Crippen molar-refractivity contribution in [1.29, 1.82) is 0 Å². The first-order valence-electron chi connectivity index (χ1n) is 7.21. The first kappa shape index (κ1) is 13.1. The maximum absolute atomic E-state index is 5.83. The van der Waals surface area contributed by atoms with E-state index in [-0.39, 0.29) is 0 Å². The van der Waals surface area contributed by atoms with Crippen LogP contribution in [0.3, 0.4) is 0 Å². The first-order chi connectivity index (χ1) is 9.81. The molecule has 1 atom stereocenters. The fourth-order valence-electron chi connectivity index (χ4n) is 2.83. The van der Waals surface area contributed by atoms with Gasteiger partial charge >= 0.3 is 0 Å². The molecule has 1 fully saturated rings. The van der Waals surface area contributed by atoms with Crippen LogP contribution in [-0.2, 0) is 0 Å². The molecule has 0 amide bonds. The zero-order chi connectivity index (χ0) is 13.9. The van der Waals surface area contributed by atoms with Crippen molar-refractivity contribution in [1.82, 2.24) is 9.97 Å². The molecule has 106 valence electrons. The predicted octanol–water partition coefficient (Wildman–Crippen LogP) is 1.85. The molecule has 1 aliphatic rings. The van der Waals surface area contributed by atoms with Crippen molar-refractivity contribution < 1.29 is 0 Å². The fourth-order valence-corrected chi connectivity index (χ4v) is 2.83. The second-order valence-corrected chi connectivity index (χ2v) is 5.32. The Balaban J connectivity index is 2.00. The summed E-state index contributed by atoms with van der Waals surface area (Å²) >= 11 is 0. The number of fused-ring (bicyclic) bond motifs is 1. The monoisotopic (exact) mass is 271 g/mol. The minimum absolute atomic E-state index is 0.557. The lowest BCUT2D eigenvalue weighted by Gasteiger charge is -2.33. The normalized spacial score (nSPS) is 19.3. The van der Waals surface area contributed by atoms with Crippen LogP contribution in [0.25, 0.3) is 11.0 Å². The van der Waals surface area contributed by atoms with Gasteiger partial charge in [-0.25, -0.2) is 9.97 Å². The number of nitrogens with zero attached hydrogens (tertiary/aromatic N) is 3. The van der Waals surface area contributed by atoms with Crippen LogP contribution in [0.2, 0.25) is 0 Å². The molecule has 2 aromatic rings. The Morgan fingerprint density at radius 1 is 1.30 bits per heavy atom. The number of piperidine rings is 1. The average molecular weight is 271 g/mol. The summed E-state index contributed by atoms with van der Waals surface area (Å²) in [7, 11) is 1.90. The molecule has 1 aromatic carbocycles. The van der Waals surface area contributed by atoms with E-state index in [1.807, 2.05) is 31.3 Å². The quantitative estimate of drug-likeness (QED) is 0.891. The van der Waals surface area contributed by atoms with Gasteiger partial charge in [0.05, 0.1) is 11.0 Å². The van der Waals surface area contributed by atoms with Crippen LogP contribution in [0, 0.1) is 5.92 Å². The fraction of sp³-hybridized carbons (Fsp3) is 0.467. The third kappa shape index (κ3) is 2.41. The van der Waals surface area contributed by atoms with E-state index in [4.69, 9.17) is 10.7 Å². The second kappa shape index (κ2) is 5.63. The maximum Gasteiger partial charge on any atom is 0.172 e. The van der Waals surface area contributed by atoms with Crippen molar-refractivity contribution in [3.8, 4) is 0 Å².